The minimum absolute atomic E-state index is 0.0518. The molecule has 0 unspecified atom stereocenters. The van der Waals surface area contributed by atoms with E-state index in [0.717, 1.165) is 0 Å². The predicted octanol–water partition coefficient (Wildman–Crippen LogP) is 17.0. The SMILES string of the molecule is Cc1cccc(C)c1-c1cc2c3ccc4c(cc5c6ccc(C(C)(C)C)cc6c6cc(-c7c(C)cccc7C)cc4c65)c3cc3c4ccc(C(C)(C)C)cc4c(c1)c23. The Morgan fingerprint density at radius 1 is 0.276 bits per heavy atom. The third-order valence-electron chi connectivity index (χ3n) is 13.7. The number of fused-ring (bicyclic) bond motifs is 11. The lowest BCUT2D eigenvalue weighted by atomic mass is 9.86. The van der Waals surface area contributed by atoms with Crippen LogP contribution in [0.25, 0.3) is 108 Å². The molecule has 0 aliphatic rings. The average Bonchev–Trinajstić information content (AvgIpc) is 3.66. The Morgan fingerprint density at radius 2 is 0.552 bits per heavy atom. The van der Waals surface area contributed by atoms with Gasteiger partial charge in [-0.2, -0.15) is 0 Å². The number of benzene rings is 9. The van der Waals surface area contributed by atoms with Gasteiger partial charge >= 0.3 is 0 Å². The van der Waals surface area contributed by atoms with Crippen molar-refractivity contribution in [1.82, 2.24) is 0 Å². The fourth-order valence-electron chi connectivity index (χ4n) is 10.8. The smallest absolute Gasteiger partial charge is 0.00195 e. The fraction of sp³-hybridized carbons (Fsp3) is 0.207. The van der Waals surface area contributed by atoms with Gasteiger partial charge in [0.25, 0.3) is 0 Å². The molecule has 0 bridgehead atoms. The van der Waals surface area contributed by atoms with E-state index >= 15 is 0 Å². The quantitative estimate of drug-likeness (QED) is 0.155. The number of hydrogen-bond donors (Lipinski definition) is 0. The van der Waals surface area contributed by atoms with Crippen LogP contribution in [-0.4, -0.2) is 0 Å². The first-order valence-electron chi connectivity index (χ1n) is 21.1. The largest absolute Gasteiger partial charge is 0.0617 e. The summed E-state index contributed by atoms with van der Waals surface area (Å²) in [6.07, 6.45) is 0. The van der Waals surface area contributed by atoms with E-state index in [2.05, 4.69) is 191 Å². The van der Waals surface area contributed by atoms with Gasteiger partial charge in [0.2, 0.25) is 0 Å². The minimum atomic E-state index is 0.0518. The zero-order valence-electron chi connectivity index (χ0n) is 35.5. The normalized spacial score (nSPS) is 13.0. The second-order valence-corrected chi connectivity index (χ2v) is 19.6. The lowest BCUT2D eigenvalue weighted by molar-refractivity contribution is 0.591. The molecule has 0 nitrogen and oxygen atoms in total. The van der Waals surface area contributed by atoms with Crippen molar-refractivity contribution < 1.29 is 0 Å². The van der Waals surface area contributed by atoms with Crippen molar-refractivity contribution in [3.05, 3.63) is 155 Å². The lowest BCUT2D eigenvalue weighted by Crippen LogP contribution is -2.10. The van der Waals surface area contributed by atoms with Crippen LogP contribution < -0.4 is 0 Å². The standard InChI is InChI=1S/C58H50/c1-31-13-11-14-32(2)53(31)35-23-47-41-21-22-42-46(45(41)29-51-39-19-17-37(57(5,6)7)27-43(39)49(25-35)55(47)51)30-52-40-20-18-38(58(8,9)10)28-44(40)50-26-36(24-48(42)56(50)52)54-33(3)15-12-16-34(54)4/h11-30H,1-10H3. The second kappa shape index (κ2) is 11.8. The van der Waals surface area contributed by atoms with Crippen LogP contribution in [0.3, 0.4) is 0 Å². The molecule has 0 N–H and O–H groups in total. The van der Waals surface area contributed by atoms with Crippen molar-refractivity contribution >= 4 is 86.2 Å². The fourth-order valence-corrected chi connectivity index (χ4v) is 10.8. The maximum Gasteiger partial charge on any atom is -0.00195 e. The molecule has 0 fully saturated rings. The monoisotopic (exact) mass is 746 g/mol. The van der Waals surface area contributed by atoms with Gasteiger partial charge in [0.1, 0.15) is 0 Å². The highest BCUT2D eigenvalue weighted by Gasteiger charge is 2.24. The number of aryl methyl sites for hydroxylation is 4. The van der Waals surface area contributed by atoms with Crippen LogP contribution >= 0.6 is 0 Å². The van der Waals surface area contributed by atoms with Crippen molar-refractivity contribution in [3.63, 3.8) is 0 Å². The van der Waals surface area contributed by atoms with Crippen LogP contribution in [0, 0.1) is 27.7 Å². The molecule has 0 aliphatic heterocycles. The molecule has 0 aromatic heterocycles. The molecule has 0 radical (unpaired) electrons. The summed E-state index contributed by atoms with van der Waals surface area (Å²) in [6, 6.07) is 47.8. The minimum Gasteiger partial charge on any atom is -0.0617 e. The van der Waals surface area contributed by atoms with Crippen molar-refractivity contribution in [1.29, 1.82) is 0 Å². The van der Waals surface area contributed by atoms with Gasteiger partial charge in [-0.15, -0.1) is 0 Å². The van der Waals surface area contributed by atoms with Crippen LogP contribution in [0.2, 0.25) is 0 Å². The van der Waals surface area contributed by atoms with E-state index in [1.165, 1.54) is 142 Å². The molecule has 0 saturated heterocycles. The van der Waals surface area contributed by atoms with E-state index in [0.29, 0.717) is 0 Å². The van der Waals surface area contributed by atoms with Gasteiger partial charge in [0.05, 0.1) is 0 Å². The number of hydrogen-bond acceptors (Lipinski definition) is 0. The van der Waals surface area contributed by atoms with Crippen LogP contribution in [0.5, 0.6) is 0 Å². The van der Waals surface area contributed by atoms with Crippen LogP contribution in [0.1, 0.15) is 74.9 Å². The Hall–Kier alpha value is -5.98. The molecule has 0 aliphatic carbocycles. The summed E-state index contributed by atoms with van der Waals surface area (Å²) in [6.45, 7) is 23.0. The van der Waals surface area contributed by atoms with E-state index in [-0.39, 0.29) is 10.8 Å². The Labute approximate surface area is 341 Å². The first kappa shape index (κ1) is 35.2. The molecular weight excluding hydrogens is 697 g/mol. The first-order valence-corrected chi connectivity index (χ1v) is 21.1. The van der Waals surface area contributed by atoms with Crippen LogP contribution in [-0.2, 0) is 10.8 Å². The third kappa shape index (κ3) is 4.88. The highest BCUT2D eigenvalue weighted by molar-refractivity contribution is 6.40. The lowest BCUT2D eigenvalue weighted by Gasteiger charge is -2.19. The summed E-state index contributed by atoms with van der Waals surface area (Å²) in [5.74, 6) is 0. The van der Waals surface area contributed by atoms with Gasteiger partial charge in [0, 0.05) is 0 Å². The van der Waals surface area contributed by atoms with Crippen LogP contribution in [0.4, 0.5) is 0 Å². The molecule has 0 spiro atoms. The van der Waals surface area contributed by atoms with Gasteiger partial charge in [0.15, 0.2) is 0 Å². The maximum atomic E-state index is 2.54. The van der Waals surface area contributed by atoms with E-state index in [1.54, 1.807) is 0 Å². The number of rotatable bonds is 2. The molecule has 0 saturated carbocycles. The second-order valence-electron chi connectivity index (χ2n) is 19.6. The molecule has 11 aromatic rings. The predicted molar refractivity (Wildman–Crippen MR) is 256 cm³/mol. The Bertz CT molecular complexity index is 3260. The van der Waals surface area contributed by atoms with Crippen LogP contribution in [0.15, 0.2) is 121 Å². The zero-order valence-corrected chi connectivity index (χ0v) is 35.5. The molecule has 11 rings (SSSR count). The topological polar surface area (TPSA) is 0 Å². The summed E-state index contributed by atoms with van der Waals surface area (Å²) in [5, 5.41) is 21.6. The molecule has 11 aromatic carbocycles. The van der Waals surface area contributed by atoms with Gasteiger partial charge in [-0.3, -0.25) is 0 Å². The highest BCUT2D eigenvalue weighted by Crippen LogP contribution is 2.50. The molecular formula is C58H50. The first-order chi connectivity index (χ1) is 27.7. The average molecular weight is 747 g/mol. The van der Waals surface area contributed by atoms with Gasteiger partial charge < -0.3 is 0 Å². The Morgan fingerprint density at radius 3 is 0.879 bits per heavy atom. The van der Waals surface area contributed by atoms with E-state index in [1.807, 2.05) is 0 Å². The van der Waals surface area contributed by atoms with E-state index in [9.17, 15) is 0 Å². The highest BCUT2D eigenvalue weighted by atomic mass is 14.3. The van der Waals surface area contributed by atoms with Crippen molar-refractivity contribution in [2.75, 3.05) is 0 Å². The Kier molecular flexibility index (Phi) is 7.16. The summed E-state index contributed by atoms with van der Waals surface area (Å²) >= 11 is 0. The van der Waals surface area contributed by atoms with Gasteiger partial charge in [-0.05, 0) is 229 Å². The van der Waals surface area contributed by atoms with Crippen molar-refractivity contribution in [2.45, 2.75) is 80.1 Å². The van der Waals surface area contributed by atoms with Gasteiger partial charge in [-0.25, -0.2) is 0 Å². The maximum absolute atomic E-state index is 2.54. The molecule has 0 amide bonds. The zero-order chi connectivity index (χ0) is 40.2. The molecule has 282 valence electrons. The van der Waals surface area contributed by atoms with E-state index in [4.69, 9.17) is 0 Å². The van der Waals surface area contributed by atoms with Crippen molar-refractivity contribution in [2.24, 2.45) is 0 Å². The third-order valence-corrected chi connectivity index (χ3v) is 13.7. The van der Waals surface area contributed by atoms with Gasteiger partial charge in [-0.1, -0.05) is 114 Å². The summed E-state index contributed by atoms with van der Waals surface area (Å²) in [5.41, 5.74) is 13.4. The molecule has 0 atom stereocenters. The summed E-state index contributed by atoms with van der Waals surface area (Å²) in [4.78, 5) is 0. The molecule has 0 heteroatoms. The Balaban J connectivity index is 1.34. The molecule has 0 heterocycles. The van der Waals surface area contributed by atoms with E-state index < -0.39 is 0 Å². The van der Waals surface area contributed by atoms with Crippen molar-refractivity contribution in [3.8, 4) is 22.3 Å². The molecule has 58 heavy (non-hydrogen) atoms. The summed E-state index contributed by atoms with van der Waals surface area (Å²) < 4.78 is 0. The summed E-state index contributed by atoms with van der Waals surface area (Å²) in [7, 11) is 0.